The number of ether oxygens (including phenoxy) is 1. The maximum Gasteiger partial charge on any atom is 0.141 e. The van der Waals surface area contributed by atoms with Crippen LogP contribution in [0.2, 0.25) is 0 Å². The summed E-state index contributed by atoms with van der Waals surface area (Å²) in [5.41, 5.74) is 2.54. The molecule has 0 N–H and O–H groups in total. The van der Waals surface area contributed by atoms with E-state index in [1.807, 2.05) is 6.92 Å². The van der Waals surface area contributed by atoms with Gasteiger partial charge in [-0.2, -0.15) is 0 Å². The van der Waals surface area contributed by atoms with Crippen molar-refractivity contribution in [1.82, 2.24) is 0 Å². The summed E-state index contributed by atoms with van der Waals surface area (Å²) in [5.74, 6) is 1.63. The lowest BCUT2D eigenvalue weighted by Crippen LogP contribution is -2.60. The van der Waals surface area contributed by atoms with E-state index in [2.05, 4.69) is 46.4 Å². The van der Waals surface area contributed by atoms with Crippen LogP contribution >= 0.6 is 0 Å². The van der Waals surface area contributed by atoms with Gasteiger partial charge in [0.1, 0.15) is 5.60 Å². The molecular weight excluding hydrogens is 196 g/mol. The summed E-state index contributed by atoms with van der Waals surface area (Å²) < 4.78 is 6.18. The molecule has 1 saturated carbocycles. The number of fused-ring (bicyclic) bond motifs is 1. The van der Waals surface area contributed by atoms with Gasteiger partial charge in [-0.1, -0.05) is 32.1 Å². The van der Waals surface area contributed by atoms with E-state index in [0.717, 1.165) is 11.3 Å². The summed E-state index contributed by atoms with van der Waals surface area (Å²) in [5, 5.41) is 0. The quantitative estimate of drug-likeness (QED) is 0.630. The molecule has 1 heteroatoms. The predicted molar refractivity (Wildman–Crippen MR) is 68.0 cm³/mol. The molecular formula is C15H22O. The highest BCUT2D eigenvalue weighted by Crippen LogP contribution is 2.63. The van der Waals surface area contributed by atoms with Crippen LogP contribution in [0, 0.1) is 11.3 Å². The maximum atomic E-state index is 6.18. The topological polar surface area (TPSA) is 9.23 Å². The fourth-order valence-corrected chi connectivity index (χ4v) is 3.56. The van der Waals surface area contributed by atoms with E-state index >= 15 is 0 Å². The lowest BCUT2D eigenvalue weighted by Gasteiger charge is -2.58. The van der Waals surface area contributed by atoms with Crippen LogP contribution in [-0.2, 0) is 4.74 Å². The molecule has 2 unspecified atom stereocenters. The number of rotatable bonds is 2. The minimum atomic E-state index is -0.101. The van der Waals surface area contributed by atoms with E-state index in [4.69, 9.17) is 4.74 Å². The average molecular weight is 218 g/mol. The summed E-state index contributed by atoms with van der Waals surface area (Å²) in [6.45, 7) is 14.8. The van der Waals surface area contributed by atoms with Crippen LogP contribution in [0.4, 0.5) is 0 Å². The summed E-state index contributed by atoms with van der Waals surface area (Å²) in [6.07, 6.45) is 5.66. The molecule has 0 aromatic rings. The van der Waals surface area contributed by atoms with Gasteiger partial charge in [0.25, 0.3) is 0 Å². The van der Waals surface area contributed by atoms with Crippen molar-refractivity contribution in [2.45, 2.75) is 46.6 Å². The Labute approximate surface area is 98.9 Å². The van der Waals surface area contributed by atoms with Crippen LogP contribution in [0.25, 0.3) is 0 Å². The second-order valence-corrected chi connectivity index (χ2v) is 5.98. The first-order valence-electron chi connectivity index (χ1n) is 6.01. The molecule has 1 heterocycles. The van der Waals surface area contributed by atoms with E-state index in [0.29, 0.717) is 5.92 Å². The third-order valence-electron chi connectivity index (χ3n) is 4.06. The van der Waals surface area contributed by atoms with Crippen molar-refractivity contribution in [1.29, 1.82) is 0 Å². The Morgan fingerprint density at radius 3 is 2.56 bits per heavy atom. The van der Waals surface area contributed by atoms with E-state index < -0.39 is 0 Å². The van der Waals surface area contributed by atoms with E-state index in [-0.39, 0.29) is 11.0 Å². The monoisotopic (exact) mass is 218 g/mol. The van der Waals surface area contributed by atoms with Crippen LogP contribution in [0.1, 0.15) is 41.0 Å². The third-order valence-corrected chi connectivity index (χ3v) is 4.06. The van der Waals surface area contributed by atoms with Gasteiger partial charge in [0.05, 0.1) is 5.76 Å². The third kappa shape index (κ3) is 1.30. The SMILES string of the molecule is C=C(C)/C=C(\C)C12OC(C)=CC1CC2(C)C. The summed E-state index contributed by atoms with van der Waals surface area (Å²) in [4.78, 5) is 0. The molecule has 0 bridgehead atoms. The van der Waals surface area contributed by atoms with Gasteiger partial charge in [-0.25, -0.2) is 0 Å². The van der Waals surface area contributed by atoms with Crippen molar-refractivity contribution in [3.8, 4) is 0 Å². The first-order chi connectivity index (χ1) is 7.29. The van der Waals surface area contributed by atoms with Crippen molar-refractivity contribution in [3.63, 3.8) is 0 Å². The molecule has 88 valence electrons. The van der Waals surface area contributed by atoms with Crippen molar-refractivity contribution < 1.29 is 4.74 Å². The Morgan fingerprint density at radius 1 is 1.50 bits per heavy atom. The molecule has 1 fully saturated rings. The lowest BCUT2D eigenvalue weighted by molar-refractivity contribution is -0.148. The second-order valence-electron chi connectivity index (χ2n) is 5.98. The maximum absolute atomic E-state index is 6.18. The molecule has 2 aliphatic rings. The molecule has 0 radical (unpaired) electrons. The molecule has 1 nitrogen and oxygen atoms in total. The fraction of sp³-hybridized carbons (Fsp3) is 0.600. The van der Waals surface area contributed by atoms with Crippen LogP contribution in [0.3, 0.4) is 0 Å². The molecule has 0 aromatic carbocycles. The van der Waals surface area contributed by atoms with Crippen LogP contribution < -0.4 is 0 Å². The van der Waals surface area contributed by atoms with Gasteiger partial charge in [0, 0.05) is 11.3 Å². The van der Waals surface area contributed by atoms with Gasteiger partial charge in [-0.3, -0.25) is 0 Å². The molecule has 0 amide bonds. The Morgan fingerprint density at radius 2 is 2.12 bits per heavy atom. The van der Waals surface area contributed by atoms with E-state index in [9.17, 15) is 0 Å². The fourth-order valence-electron chi connectivity index (χ4n) is 3.56. The van der Waals surface area contributed by atoms with Gasteiger partial charge in [-0.05, 0) is 38.8 Å². The molecule has 2 rings (SSSR count). The van der Waals surface area contributed by atoms with Crippen LogP contribution in [0.5, 0.6) is 0 Å². The zero-order valence-electron chi connectivity index (χ0n) is 11.1. The Bertz CT molecular complexity index is 398. The molecule has 1 aliphatic heterocycles. The van der Waals surface area contributed by atoms with Gasteiger partial charge in [-0.15, -0.1) is 0 Å². The number of hydrogen-bond donors (Lipinski definition) is 0. The first-order valence-corrected chi connectivity index (χ1v) is 6.01. The minimum absolute atomic E-state index is 0.101. The van der Waals surface area contributed by atoms with Crippen molar-refractivity contribution in [2.75, 3.05) is 0 Å². The zero-order valence-corrected chi connectivity index (χ0v) is 11.1. The average Bonchev–Trinajstić information content (AvgIpc) is 2.38. The highest BCUT2D eigenvalue weighted by molar-refractivity contribution is 5.38. The normalized spacial score (nSPS) is 35.9. The second kappa shape index (κ2) is 3.26. The largest absolute Gasteiger partial charge is 0.487 e. The van der Waals surface area contributed by atoms with Gasteiger partial charge in [0.15, 0.2) is 0 Å². The molecule has 0 spiro atoms. The van der Waals surface area contributed by atoms with Gasteiger partial charge < -0.3 is 4.74 Å². The summed E-state index contributed by atoms with van der Waals surface area (Å²) in [7, 11) is 0. The predicted octanol–water partition coefficient (Wildman–Crippen LogP) is 4.23. The summed E-state index contributed by atoms with van der Waals surface area (Å²) >= 11 is 0. The van der Waals surface area contributed by atoms with E-state index in [1.165, 1.54) is 12.0 Å². The van der Waals surface area contributed by atoms with Gasteiger partial charge >= 0.3 is 0 Å². The van der Waals surface area contributed by atoms with Crippen molar-refractivity contribution in [3.05, 3.63) is 35.6 Å². The first kappa shape index (κ1) is 11.5. The molecule has 16 heavy (non-hydrogen) atoms. The Kier molecular flexibility index (Phi) is 2.34. The van der Waals surface area contributed by atoms with Crippen LogP contribution in [0.15, 0.2) is 35.6 Å². The van der Waals surface area contributed by atoms with Crippen LogP contribution in [-0.4, -0.2) is 5.60 Å². The molecule has 1 aliphatic carbocycles. The zero-order chi connectivity index (χ0) is 12.1. The molecule has 0 saturated heterocycles. The van der Waals surface area contributed by atoms with Crippen molar-refractivity contribution in [2.24, 2.45) is 11.3 Å². The van der Waals surface area contributed by atoms with Gasteiger partial charge in [0.2, 0.25) is 0 Å². The number of allylic oxidation sites excluding steroid dienone is 3. The molecule has 0 aromatic heterocycles. The Hall–Kier alpha value is -0.980. The Balaban J connectivity index is 2.39. The molecule has 2 atom stereocenters. The smallest absolute Gasteiger partial charge is 0.141 e. The standard InChI is InChI=1S/C15H22O/c1-10(2)7-11(3)15-13(8-12(4)16-15)9-14(15,5)6/h7-8,13H,1,9H2,2-6H3/b11-7+. The minimum Gasteiger partial charge on any atom is -0.487 e. The van der Waals surface area contributed by atoms with E-state index in [1.54, 1.807) is 0 Å². The lowest BCUT2D eigenvalue weighted by atomic mass is 9.50. The highest BCUT2D eigenvalue weighted by atomic mass is 16.5. The highest BCUT2D eigenvalue weighted by Gasteiger charge is 2.65. The summed E-state index contributed by atoms with van der Waals surface area (Å²) in [6, 6.07) is 0. The van der Waals surface area contributed by atoms with Crippen molar-refractivity contribution >= 4 is 0 Å². The number of hydrogen-bond acceptors (Lipinski definition) is 1.